The Hall–Kier alpha value is -1.32. The molecule has 2 aliphatic carbocycles. The molecule has 24 heavy (non-hydrogen) atoms. The van der Waals surface area contributed by atoms with Crippen LogP contribution in [0.3, 0.4) is 0 Å². The molecule has 1 aromatic heterocycles. The minimum Gasteiger partial charge on any atom is -0.461 e. The molecule has 0 unspecified atom stereocenters. The highest BCUT2D eigenvalue weighted by molar-refractivity contribution is 5.89. The van der Waals surface area contributed by atoms with Crippen LogP contribution >= 0.6 is 0 Å². The van der Waals surface area contributed by atoms with E-state index in [0.717, 1.165) is 19.3 Å². The Morgan fingerprint density at radius 3 is 2.33 bits per heavy atom. The highest BCUT2D eigenvalue weighted by Crippen LogP contribution is 2.33. The molecule has 0 saturated heterocycles. The van der Waals surface area contributed by atoms with E-state index in [1.165, 1.54) is 62.6 Å². The van der Waals surface area contributed by atoms with E-state index in [4.69, 9.17) is 9.84 Å². The van der Waals surface area contributed by atoms with Gasteiger partial charge < -0.3 is 4.74 Å². The number of hydrogen-bond donors (Lipinski definition) is 0. The van der Waals surface area contributed by atoms with Crippen molar-refractivity contribution < 1.29 is 9.53 Å². The van der Waals surface area contributed by atoms with Gasteiger partial charge in [0.25, 0.3) is 0 Å². The molecule has 1 aromatic rings. The molecule has 0 aliphatic heterocycles. The fraction of sp³-hybridized carbons (Fsp3) is 0.800. The zero-order valence-electron chi connectivity index (χ0n) is 15.8. The molecule has 136 valence electrons. The second-order valence-corrected chi connectivity index (χ2v) is 6.64. The number of ether oxygens (including phenoxy) is 1. The number of nitrogens with zero attached hydrogens (tertiary/aromatic N) is 2. The van der Waals surface area contributed by atoms with Gasteiger partial charge in [0.2, 0.25) is 0 Å². The van der Waals surface area contributed by atoms with Crippen molar-refractivity contribution in [1.29, 1.82) is 0 Å². The first kappa shape index (κ1) is 19.0. The minimum atomic E-state index is -0.228. The van der Waals surface area contributed by atoms with E-state index in [2.05, 4.69) is 4.68 Å². The monoisotopic (exact) mass is 334 g/mol. The predicted molar refractivity (Wildman–Crippen MR) is 97.5 cm³/mol. The second kappa shape index (κ2) is 9.85. The molecular weight excluding hydrogens is 300 g/mol. The van der Waals surface area contributed by atoms with Crippen LogP contribution in [0.1, 0.15) is 106 Å². The molecule has 0 N–H and O–H groups in total. The number of carbonyl (C=O) groups is 1. The summed E-state index contributed by atoms with van der Waals surface area (Å²) < 4.78 is 7.47. The van der Waals surface area contributed by atoms with Gasteiger partial charge in [0.1, 0.15) is 0 Å². The topological polar surface area (TPSA) is 44.1 Å². The summed E-state index contributed by atoms with van der Waals surface area (Å²) in [6.07, 6.45) is 13.3. The van der Waals surface area contributed by atoms with Gasteiger partial charge in [-0.2, -0.15) is 5.10 Å². The highest BCUT2D eigenvalue weighted by Gasteiger charge is 2.28. The molecule has 3 rings (SSSR count). The summed E-state index contributed by atoms with van der Waals surface area (Å²) in [5, 5.41) is 4.76. The molecule has 0 bridgehead atoms. The summed E-state index contributed by atoms with van der Waals surface area (Å²) in [5.41, 5.74) is 3.11. The van der Waals surface area contributed by atoms with Gasteiger partial charge in [-0.1, -0.05) is 46.0 Å². The first-order chi connectivity index (χ1) is 11.8. The Morgan fingerprint density at radius 1 is 1.04 bits per heavy atom. The molecule has 4 nitrogen and oxygen atoms in total. The Morgan fingerprint density at radius 2 is 1.67 bits per heavy atom. The molecule has 4 heteroatoms. The summed E-state index contributed by atoms with van der Waals surface area (Å²) in [7, 11) is 0. The second-order valence-electron chi connectivity index (χ2n) is 6.64. The molecule has 1 saturated carbocycles. The number of carbonyl (C=O) groups excluding carboxylic acids is 1. The lowest BCUT2D eigenvalue weighted by Gasteiger charge is -2.24. The Bertz CT molecular complexity index is 516. The van der Waals surface area contributed by atoms with Crippen molar-refractivity contribution in [2.24, 2.45) is 0 Å². The first-order valence-electron chi connectivity index (χ1n) is 10.1. The zero-order chi connectivity index (χ0) is 17.4. The van der Waals surface area contributed by atoms with E-state index >= 15 is 0 Å². The summed E-state index contributed by atoms with van der Waals surface area (Å²) in [6.45, 7) is 6.28. The van der Waals surface area contributed by atoms with Gasteiger partial charge in [-0.3, -0.25) is 4.68 Å². The Balaban J connectivity index is 0.00000100. The van der Waals surface area contributed by atoms with Crippen LogP contribution in [0, 0.1) is 0 Å². The van der Waals surface area contributed by atoms with Crippen molar-refractivity contribution in [2.45, 2.75) is 97.4 Å². The normalized spacial score (nSPS) is 18.6. The maximum atomic E-state index is 12.3. The van der Waals surface area contributed by atoms with E-state index in [0.29, 0.717) is 18.3 Å². The maximum Gasteiger partial charge on any atom is 0.359 e. The lowest BCUT2D eigenvalue weighted by Crippen LogP contribution is -2.17. The molecule has 0 atom stereocenters. The van der Waals surface area contributed by atoms with Crippen LogP contribution in [-0.4, -0.2) is 22.4 Å². The van der Waals surface area contributed by atoms with Gasteiger partial charge in [-0.25, -0.2) is 4.79 Å². The average molecular weight is 335 g/mol. The summed E-state index contributed by atoms with van der Waals surface area (Å²) in [4.78, 5) is 12.3. The Kier molecular flexibility index (Phi) is 7.80. The van der Waals surface area contributed by atoms with Crippen LogP contribution < -0.4 is 0 Å². The lowest BCUT2D eigenvalue weighted by molar-refractivity contribution is 0.0516. The number of esters is 1. The third kappa shape index (κ3) is 4.40. The first-order valence-corrected chi connectivity index (χ1v) is 10.1. The predicted octanol–water partition coefficient (Wildman–Crippen LogP) is 5.25. The van der Waals surface area contributed by atoms with Crippen LogP contribution in [0.4, 0.5) is 0 Å². The third-order valence-electron chi connectivity index (χ3n) is 5.10. The van der Waals surface area contributed by atoms with Gasteiger partial charge in [-0.05, 0) is 45.4 Å². The van der Waals surface area contributed by atoms with E-state index in [9.17, 15) is 4.79 Å². The van der Waals surface area contributed by atoms with Crippen LogP contribution in [0.15, 0.2) is 0 Å². The fourth-order valence-electron chi connectivity index (χ4n) is 3.97. The van der Waals surface area contributed by atoms with Crippen LogP contribution in [0.25, 0.3) is 0 Å². The van der Waals surface area contributed by atoms with Gasteiger partial charge in [0.15, 0.2) is 5.69 Å². The molecule has 0 aromatic carbocycles. The number of rotatable bonds is 3. The van der Waals surface area contributed by atoms with Gasteiger partial charge in [0, 0.05) is 11.3 Å². The van der Waals surface area contributed by atoms with Crippen LogP contribution in [0.2, 0.25) is 0 Å². The molecular formula is C20H34N2O2. The fourth-order valence-corrected chi connectivity index (χ4v) is 3.97. The van der Waals surface area contributed by atoms with Crippen LogP contribution in [-0.2, 0) is 17.6 Å². The van der Waals surface area contributed by atoms with Crippen molar-refractivity contribution in [3.8, 4) is 0 Å². The lowest BCUT2D eigenvalue weighted by atomic mass is 9.93. The minimum absolute atomic E-state index is 0.228. The number of hydrogen-bond acceptors (Lipinski definition) is 3. The Labute approximate surface area is 147 Å². The smallest absolute Gasteiger partial charge is 0.359 e. The zero-order valence-corrected chi connectivity index (χ0v) is 15.8. The molecule has 0 radical (unpaired) electrons. The van der Waals surface area contributed by atoms with E-state index in [1.54, 1.807) is 0 Å². The third-order valence-corrected chi connectivity index (χ3v) is 5.10. The molecule has 1 heterocycles. The van der Waals surface area contributed by atoms with Crippen molar-refractivity contribution in [3.63, 3.8) is 0 Å². The molecule has 2 aliphatic rings. The quantitative estimate of drug-likeness (QED) is 0.709. The van der Waals surface area contributed by atoms with E-state index in [1.807, 2.05) is 20.8 Å². The SMILES string of the molecule is CC.CCOC(=O)c1nn(C2CCCCC2)c2c1CCCCCC2. The highest BCUT2D eigenvalue weighted by atomic mass is 16.5. The standard InChI is InChI=1S/C18H28N2O2.C2H6/c1-2-22-18(21)17-15-12-8-3-4-9-13-16(15)20(19-17)14-10-6-5-7-11-14;1-2/h14H,2-13H2,1H3;1-2H3. The van der Waals surface area contributed by atoms with Crippen LogP contribution in [0.5, 0.6) is 0 Å². The van der Waals surface area contributed by atoms with Gasteiger partial charge in [0.05, 0.1) is 12.6 Å². The molecule has 1 fully saturated rings. The van der Waals surface area contributed by atoms with Crippen molar-refractivity contribution in [2.75, 3.05) is 6.61 Å². The molecule has 0 spiro atoms. The summed E-state index contributed by atoms with van der Waals surface area (Å²) in [5.74, 6) is -0.228. The van der Waals surface area contributed by atoms with Gasteiger partial charge >= 0.3 is 5.97 Å². The van der Waals surface area contributed by atoms with E-state index in [-0.39, 0.29) is 5.97 Å². The van der Waals surface area contributed by atoms with E-state index < -0.39 is 0 Å². The summed E-state index contributed by atoms with van der Waals surface area (Å²) in [6, 6.07) is 0.491. The average Bonchev–Trinajstić information content (AvgIpc) is 2.95. The molecule has 0 amide bonds. The summed E-state index contributed by atoms with van der Waals surface area (Å²) >= 11 is 0. The van der Waals surface area contributed by atoms with Crippen molar-refractivity contribution in [3.05, 3.63) is 17.0 Å². The number of aromatic nitrogens is 2. The van der Waals surface area contributed by atoms with Gasteiger partial charge in [-0.15, -0.1) is 0 Å². The van der Waals surface area contributed by atoms with Crippen molar-refractivity contribution >= 4 is 5.97 Å². The van der Waals surface area contributed by atoms with Crippen molar-refractivity contribution in [1.82, 2.24) is 9.78 Å². The maximum absolute atomic E-state index is 12.3. The largest absolute Gasteiger partial charge is 0.461 e. The number of fused-ring (bicyclic) bond motifs is 1.